The second kappa shape index (κ2) is 6.62. The number of rotatable bonds is 6. The third kappa shape index (κ3) is 4.62. The summed E-state index contributed by atoms with van der Waals surface area (Å²) in [6, 6.07) is -0.469. The molecule has 0 saturated carbocycles. The Kier molecular flexibility index (Phi) is 5.12. The van der Waals surface area contributed by atoms with Crippen LogP contribution in [0, 0.1) is 0 Å². The summed E-state index contributed by atoms with van der Waals surface area (Å²) in [5.41, 5.74) is 0. The summed E-state index contributed by atoms with van der Waals surface area (Å²) in [6.07, 6.45) is 3.86. The van der Waals surface area contributed by atoms with Crippen LogP contribution >= 0.6 is 0 Å². The number of hydrogen-bond acceptors (Lipinski definition) is 4. The SMILES string of the molecule is CCC(NC(C)=O)C(=O)NCCn1ccnn1. The molecule has 0 aliphatic rings. The molecule has 17 heavy (non-hydrogen) atoms. The van der Waals surface area contributed by atoms with Gasteiger partial charge in [-0.05, 0) is 6.42 Å². The highest BCUT2D eigenvalue weighted by molar-refractivity contribution is 5.86. The standard InChI is InChI=1S/C10H17N5O2/c1-3-9(13-8(2)16)10(17)11-4-6-15-7-5-12-14-15/h5,7,9H,3-4,6H2,1-2H3,(H,11,17)(H,13,16). The number of carbonyl (C=O) groups is 2. The van der Waals surface area contributed by atoms with E-state index in [2.05, 4.69) is 20.9 Å². The minimum Gasteiger partial charge on any atom is -0.352 e. The maximum absolute atomic E-state index is 11.7. The van der Waals surface area contributed by atoms with Crippen LogP contribution in [0.2, 0.25) is 0 Å². The molecule has 0 aliphatic carbocycles. The van der Waals surface area contributed by atoms with Crippen LogP contribution in [0.25, 0.3) is 0 Å². The van der Waals surface area contributed by atoms with Gasteiger partial charge in [-0.3, -0.25) is 14.3 Å². The van der Waals surface area contributed by atoms with Gasteiger partial charge < -0.3 is 10.6 Å². The molecule has 0 aromatic carbocycles. The van der Waals surface area contributed by atoms with Crippen molar-refractivity contribution in [1.29, 1.82) is 0 Å². The van der Waals surface area contributed by atoms with Gasteiger partial charge in [0.15, 0.2) is 0 Å². The molecule has 7 heteroatoms. The van der Waals surface area contributed by atoms with Crippen molar-refractivity contribution in [3.8, 4) is 0 Å². The molecule has 0 radical (unpaired) electrons. The van der Waals surface area contributed by atoms with E-state index in [1.165, 1.54) is 6.92 Å². The van der Waals surface area contributed by atoms with Crippen LogP contribution in [0.1, 0.15) is 20.3 Å². The molecule has 1 aromatic rings. The molecule has 1 atom stereocenters. The molecule has 1 heterocycles. The summed E-state index contributed by atoms with van der Waals surface area (Å²) in [5.74, 6) is -0.383. The molecule has 0 spiro atoms. The van der Waals surface area contributed by atoms with Gasteiger partial charge in [0.2, 0.25) is 11.8 Å². The first kappa shape index (κ1) is 13.1. The van der Waals surface area contributed by atoms with Crippen molar-refractivity contribution >= 4 is 11.8 Å². The Balaban J connectivity index is 2.29. The molecule has 1 rings (SSSR count). The summed E-state index contributed by atoms with van der Waals surface area (Å²) >= 11 is 0. The third-order valence-corrected chi connectivity index (χ3v) is 2.21. The Morgan fingerprint density at radius 1 is 1.47 bits per heavy atom. The van der Waals surface area contributed by atoms with Crippen molar-refractivity contribution in [2.24, 2.45) is 0 Å². The van der Waals surface area contributed by atoms with E-state index < -0.39 is 6.04 Å². The van der Waals surface area contributed by atoms with Gasteiger partial charge in [-0.2, -0.15) is 0 Å². The van der Waals surface area contributed by atoms with Crippen LogP contribution in [0.4, 0.5) is 0 Å². The third-order valence-electron chi connectivity index (χ3n) is 2.21. The first-order valence-electron chi connectivity index (χ1n) is 5.52. The monoisotopic (exact) mass is 239 g/mol. The molecule has 0 aliphatic heterocycles. The van der Waals surface area contributed by atoms with Gasteiger partial charge in [0.05, 0.1) is 12.7 Å². The fraction of sp³-hybridized carbons (Fsp3) is 0.600. The van der Waals surface area contributed by atoms with Crippen LogP contribution in [-0.4, -0.2) is 39.4 Å². The summed E-state index contributed by atoms with van der Waals surface area (Å²) < 4.78 is 1.62. The lowest BCUT2D eigenvalue weighted by molar-refractivity contribution is -0.128. The lowest BCUT2D eigenvalue weighted by atomic mass is 10.2. The van der Waals surface area contributed by atoms with Crippen LogP contribution in [-0.2, 0) is 16.1 Å². The van der Waals surface area contributed by atoms with Crippen LogP contribution in [0.3, 0.4) is 0 Å². The fourth-order valence-electron chi connectivity index (χ4n) is 1.37. The average molecular weight is 239 g/mol. The second-order valence-electron chi connectivity index (χ2n) is 3.62. The molecule has 0 bridgehead atoms. The Labute approximate surface area is 99.6 Å². The van der Waals surface area contributed by atoms with Crippen molar-refractivity contribution in [3.63, 3.8) is 0 Å². The van der Waals surface area contributed by atoms with Gasteiger partial charge >= 0.3 is 0 Å². The Bertz CT molecular complexity index is 363. The molecule has 0 saturated heterocycles. The van der Waals surface area contributed by atoms with Gasteiger partial charge in [-0.25, -0.2) is 0 Å². The van der Waals surface area contributed by atoms with E-state index in [-0.39, 0.29) is 11.8 Å². The molecule has 7 nitrogen and oxygen atoms in total. The summed E-state index contributed by atoms with van der Waals surface area (Å²) in [4.78, 5) is 22.5. The Morgan fingerprint density at radius 3 is 2.76 bits per heavy atom. The molecule has 1 aromatic heterocycles. The molecule has 94 valence electrons. The lowest BCUT2D eigenvalue weighted by Crippen LogP contribution is -2.46. The Morgan fingerprint density at radius 2 is 2.24 bits per heavy atom. The lowest BCUT2D eigenvalue weighted by Gasteiger charge is -2.15. The van der Waals surface area contributed by atoms with E-state index >= 15 is 0 Å². The van der Waals surface area contributed by atoms with Crippen molar-refractivity contribution in [1.82, 2.24) is 25.6 Å². The maximum Gasteiger partial charge on any atom is 0.242 e. The highest BCUT2D eigenvalue weighted by Crippen LogP contribution is 1.91. The second-order valence-corrected chi connectivity index (χ2v) is 3.62. The average Bonchev–Trinajstić information content (AvgIpc) is 2.78. The predicted octanol–water partition coefficient (Wildman–Crippen LogP) is -0.691. The highest BCUT2D eigenvalue weighted by Gasteiger charge is 2.16. The minimum atomic E-state index is -0.469. The summed E-state index contributed by atoms with van der Waals surface area (Å²) in [7, 11) is 0. The number of nitrogens with zero attached hydrogens (tertiary/aromatic N) is 3. The summed E-state index contributed by atoms with van der Waals surface area (Å²) in [5, 5.41) is 12.7. The van der Waals surface area contributed by atoms with Crippen molar-refractivity contribution < 1.29 is 9.59 Å². The first-order chi connectivity index (χ1) is 8.13. The number of aromatic nitrogens is 3. The van der Waals surface area contributed by atoms with Gasteiger partial charge in [-0.15, -0.1) is 5.10 Å². The normalized spacial score (nSPS) is 11.9. The molecule has 2 N–H and O–H groups in total. The minimum absolute atomic E-state index is 0.178. The quantitative estimate of drug-likeness (QED) is 0.687. The van der Waals surface area contributed by atoms with Crippen LogP contribution < -0.4 is 10.6 Å². The van der Waals surface area contributed by atoms with Gasteiger partial charge in [0.1, 0.15) is 6.04 Å². The molecule has 0 fully saturated rings. The van der Waals surface area contributed by atoms with E-state index in [0.29, 0.717) is 19.5 Å². The number of carbonyl (C=O) groups excluding carboxylic acids is 2. The first-order valence-corrected chi connectivity index (χ1v) is 5.52. The number of hydrogen-bond donors (Lipinski definition) is 2. The molecule has 2 amide bonds. The van der Waals surface area contributed by atoms with Gasteiger partial charge in [0, 0.05) is 19.7 Å². The number of amides is 2. The summed E-state index contributed by atoms with van der Waals surface area (Å²) in [6.45, 7) is 4.25. The van der Waals surface area contributed by atoms with E-state index in [0.717, 1.165) is 0 Å². The fourth-order valence-corrected chi connectivity index (χ4v) is 1.37. The molecular weight excluding hydrogens is 222 g/mol. The van der Waals surface area contributed by atoms with Gasteiger partial charge in [0.25, 0.3) is 0 Å². The van der Waals surface area contributed by atoms with Crippen molar-refractivity contribution in [2.75, 3.05) is 6.54 Å². The van der Waals surface area contributed by atoms with Crippen LogP contribution in [0.5, 0.6) is 0 Å². The van der Waals surface area contributed by atoms with E-state index in [4.69, 9.17) is 0 Å². The zero-order chi connectivity index (χ0) is 12.7. The van der Waals surface area contributed by atoms with Gasteiger partial charge in [-0.1, -0.05) is 12.1 Å². The van der Waals surface area contributed by atoms with E-state index in [1.807, 2.05) is 6.92 Å². The van der Waals surface area contributed by atoms with Crippen molar-refractivity contribution in [3.05, 3.63) is 12.4 Å². The highest BCUT2D eigenvalue weighted by atomic mass is 16.2. The molecule has 1 unspecified atom stereocenters. The smallest absolute Gasteiger partial charge is 0.242 e. The van der Waals surface area contributed by atoms with Crippen molar-refractivity contribution in [2.45, 2.75) is 32.9 Å². The van der Waals surface area contributed by atoms with E-state index in [9.17, 15) is 9.59 Å². The predicted molar refractivity (Wildman–Crippen MR) is 60.9 cm³/mol. The van der Waals surface area contributed by atoms with Crippen LogP contribution in [0.15, 0.2) is 12.4 Å². The topological polar surface area (TPSA) is 88.9 Å². The Hall–Kier alpha value is -1.92. The van der Waals surface area contributed by atoms with E-state index in [1.54, 1.807) is 17.1 Å². The zero-order valence-corrected chi connectivity index (χ0v) is 10.0. The number of nitrogens with one attached hydrogen (secondary N) is 2. The largest absolute Gasteiger partial charge is 0.352 e. The maximum atomic E-state index is 11.7. The molecular formula is C10H17N5O2. The zero-order valence-electron chi connectivity index (χ0n) is 10.0.